The van der Waals surface area contributed by atoms with Gasteiger partial charge in [0.25, 0.3) is 0 Å². The molecule has 1 rings (SSSR count). The van der Waals surface area contributed by atoms with Gasteiger partial charge in [0.2, 0.25) is 0 Å². The summed E-state index contributed by atoms with van der Waals surface area (Å²) in [5, 5.41) is 0. The topological polar surface area (TPSA) is 0 Å². The molecular formula is C11H16F. The summed E-state index contributed by atoms with van der Waals surface area (Å²) in [7, 11) is 0. The zero-order valence-corrected chi connectivity index (χ0v) is 7.48. The van der Waals surface area contributed by atoms with Crippen LogP contribution in [0, 0.1) is 24.2 Å². The van der Waals surface area contributed by atoms with Crippen molar-refractivity contribution in [2.24, 2.45) is 5.92 Å². The molecule has 0 amide bonds. The van der Waals surface area contributed by atoms with E-state index in [-0.39, 0.29) is 6.67 Å². The van der Waals surface area contributed by atoms with Crippen LogP contribution in [0.4, 0.5) is 4.39 Å². The molecule has 0 N–H and O–H groups in total. The molecule has 1 fully saturated rings. The van der Waals surface area contributed by atoms with Crippen LogP contribution in [0.25, 0.3) is 0 Å². The summed E-state index contributed by atoms with van der Waals surface area (Å²) >= 11 is 0. The van der Waals surface area contributed by atoms with Crippen molar-refractivity contribution in [3.8, 4) is 11.8 Å². The van der Waals surface area contributed by atoms with Crippen molar-refractivity contribution < 1.29 is 4.39 Å². The molecule has 0 saturated heterocycles. The quantitative estimate of drug-likeness (QED) is 0.438. The van der Waals surface area contributed by atoms with Gasteiger partial charge in [-0.15, -0.1) is 5.92 Å². The van der Waals surface area contributed by atoms with Crippen LogP contribution in [-0.4, -0.2) is 6.67 Å². The highest BCUT2D eigenvalue weighted by molar-refractivity contribution is 5.05. The minimum atomic E-state index is -0.229. The van der Waals surface area contributed by atoms with Gasteiger partial charge >= 0.3 is 0 Å². The number of rotatable bonds is 2. The predicted octanol–water partition coefficient (Wildman–Crippen LogP) is 3.13. The smallest absolute Gasteiger partial charge is 0.0903 e. The van der Waals surface area contributed by atoms with E-state index < -0.39 is 0 Å². The molecule has 0 heterocycles. The van der Waals surface area contributed by atoms with Gasteiger partial charge in [0.15, 0.2) is 0 Å². The molecule has 12 heavy (non-hydrogen) atoms. The molecule has 0 bridgehead atoms. The van der Waals surface area contributed by atoms with Crippen LogP contribution in [0.2, 0.25) is 0 Å². The lowest BCUT2D eigenvalue weighted by Crippen LogP contribution is -2.03. The number of hydrogen-bond acceptors (Lipinski definition) is 0. The van der Waals surface area contributed by atoms with Crippen LogP contribution in [0.1, 0.15) is 38.5 Å². The molecule has 0 aromatic heterocycles. The van der Waals surface area contributed by atoms with E-state index in [4.69, 9.17) is 0 Å². The first-order chi connectivity index (χ1) is 5.93. The molecule has 1 saturated carbocycles. The third-order valence-corrected chi connectivity index (χ3v) is 2.18. The van der Waals surface area contributed by atoms with Gasteiger partial charge in [-0.1, -0.05) is 5.92 Å². The molecule has 0 aromatic rings. The summed E-state index contributed by atoms with van der Waals surface area (Å²) in [6.45, 7) is -0.229. The van der Waals surface area contributed by atoms with E-state index in [9.17, 15) is 4.39 Å². The lowest BCUT2D eigenvalue weighted by Gasteiger charge is -2.15. The van der Waals surface area contributed by atoms with Gasteiger partial charge in [-0.2, -0.15) is 0 Å². The van der Waals surface area contributed by atoms with Gasteiger partial charge < -0.3 is 0 Å². The van der Waals surface area contributed by atoms with Crippen LogP contribution in [0.3, 0.4) is 0 Å². The minimum absolute atomic E-state index is 0.229. The van der Waals surface area contributed by atoms with E-state index in [1.807, 2.05) is 0 Å². The summed E-state index contributed by atoms with van der Waals surface area (Å²) in [5.74, 6) is 6.86. The summed E-state index contributed by atoms with van der Waals surface area (Å²) < 4.78 is 11.7. The van der Waals surface area contributed by atoms with Gasteiger partial charge in [0, 0.05) is 12.3 Å². The third-order valence-electron chi connectivity index (χ3n) is 2.18. The summed E-state index contributed by atoms with van der Waals surface area (Å²) in [4.78, 5) is 0. The molecule has 1 heteroatoms. The van der Waals surface area contributed by atoms with Crippen molar-refractivity contribution in [2.75, 3.05) is 6.67 Å². The summed E-state index contributed by atoms with van der Waals surface area (Å²) in [6, 6.07) is 0. The predicted molar refractivity (Wildman–Crippen MR) is 49.2 cm³/mol. The fourth-order valence-corrected chi connectivity index (χ4v) is 1.44. The Balaban J connectivity index is 2.13. The normalized spacial score (nSPS) is 18.4. The molecule has 0 spiro atoms. The SMILES string of the molecule is FCCCC#CC1CC[CH]CC1. The molecule has 0 aromatic carbocycles. The Hall–Kier alpha value is -0.510. The zero-order chi connectivity index (χ0) is 8.65. The van der Waals surface area contributed by atoms with Gasteiger partial charge in [0.1, 0.15) is 0 Å². The van der Waals surface area contributed by atoms with E-state index in [0.717, 1.165) is 6.42 Å². The Bertz CT molecular complexity index is 158. The van der Waals surface area contributed by atoms with Gasteiger partial charge in [-0.05, 0) is 38.5 Å². The highest BCUT2D eigenvalue weighted by Crippen LogP contribution is 2.21. The fraction of sp³-hybridized carbons (Fsp3) is 0.727. The highest BCUT2D eigenvalue weighted by atomic mass is 19.1. The maximum atomic E-state index is 11.7. The second-order valence-electron chi connectivity index (χ2n) is 3.25. The lowest BCUT2D eigenvalue weighted by molar-refractivity contribution is 0.476. The molecule has 1 aliphatic rings. The molecule has 0 unspecified atom stereocenters. The molecule has 0 atom stereocenters. The Morgan fingerprint density at radius 2 is 2.08 bits per heavy atom. The lowest BCUT2D eigenvalue weighted by atomic mass is 9.90. The fourth-order valence-electron chi connectivity index (χ4n) is 1.44. The van der Waals surface area contributed by atoms with Crippen LogP contribution in [0.5, 0.6) is 0 Å². The van der Waals surface area contributed by atoms with Crippen molar-refractivity contribution in [2.45, 2.75) is 38.5 Å². The molecule has 0 aliphatic heterocycles. The van der Waals surface area contributed by atoms with E-state index in [0.29, 0.717) is 12.3 Å². The molecular weight excluding hydrogens is 151 g/mol. The number of alkyl halides is 1. The van der Waals surface area contributed by atoms with Crippen LogP contribution in [0.15, 0.2) is 0 Å². The van der Waals surface area contributed by atoms with Crippen molar-refractivity contribution in [1.82, 2.24) is 0 Å². The first kappa shape index (κ1) is 9.58. The van der Waals surface area contributed by atoms with Crippen molar-refractivity contribution in [1.29, 1.82) is 0 Å². The van der Waals surface area contributed by atoms with Crippen LogP contribution in [-0.2, 0) is 0 Å². The number of unbranched alkanes of at least 4 members (excludes halogenated alkanes) is 1. The minimum Gasteiger partial charge on any atom is -0.251 e. The van der Waals surface area contributed by atoms with Crippen molar-refractivity contribution >= 4 is 0 Å². The average molecular weight is 167 g/mol. The highest BCUT2D eigenvalue weighted by Gasteiger charge is 2.09. The number of hydrogen-bond donors (Lipinski definition) is 0. The first-order valence-electron chi connectivity index (χ1n) is 4.79. The molecule has 1 radical (unpaired) electrons. The van der Waals surface area contributed by atoms with Gasteiger partial charge in [-0.3, -0.25) is 4.39 Å². The zero-order valence-electron chi connectivity index (χ0n) is 7.48. The van der Waals surface area contributed by atoms with E-state index >= 15 is 0 Å². The standard InChI is InChI=1S/C11H16F/c12-10-6-2-5-9-11-7-3-1-4-8-11/h1,11H,2-4,6-8,10H2. The van der Waals surface area contributed by atoms with Gasteiger partial charge in [-0.25, -0.2) is 0 Å². The van der Waals surface area contributed by atoms with Crippen LogP contribution < -0.4 is 0 Å². The van der Waals surface area contributed by atoms with Crippen molar-refractivity contribution in [3.05, 3.63) is 6.42 Å². The largest absolute Gasteiger partial charge is 0.251 e. The first-order valence-corrected chi connectivity index (χ1v) is 4.79. The molecule has 1 aliphatic carbocycles. The molecule has 0 nitrogen and oxygen atoms in total. The Morgan fingerprint density at radius 3 is 2.75 bits per heavy atom. The molecule has 67 valence electrons. The Labute approximate surface area is 74.5 Å². The van der Waals surface area contributed by atoms with E-state index in [1.54, 1.807) is 0 Å². The van der Waals surface area contributed by atoms with Crippen molar-refractivity contribution in [3.63, 3.8) is 0 Å². The Kier molecular flexibility index (Phi) is 4.83. The monoisotopic (exact) mass is 167 g/mol. The van der Waals surface area contributed by atoms with E-state index in [1.165, 1.54) is 25.7 Å². The Morgan fingerprint density at radius 1 is 1.33 bits per heavy atom. The second kappa shape index (κ2) is 6.06. The third kappa shape index (κ3) is 3.76. The van der Waals surface area contributed by atoms with E-state index in [2.05, 4.69) is 18.3 Å². The number of halogens is 1. The maximum absolute atomic E-state index is 11.7. The summed E-state index contributed by atoms with van der Waals surface area (Å²) in [5.41, 5.74) is 0. The summed E-state index contributed by atoms with van der Waals surface area (Å²) in [6.07, 6.45) is 8.51. The average Bonchev–Trinajstić information content (AvgIpc) is 2.14. The second-order valence-corrected chi connectivity index (χ2v) is 3.25. The maximum Gasteiger partial charge on any atom is 0.0903 e. The van der Waals surface area contributed by atoms with Crippen LogP contribution >= 0.6 is 0 Å². The van der Waals surface area contributed by atoms with Gasteiger partial charge in [0.05, 0.1) is 6.67 Å².